The quantitative estimate of drug-likeness (QED) is 0.597. The van der Waals surface area contributed by atoms with Gasteiger partial charge in [0.05, 0.1) is 0 Å². The Kier molecular flexibility index (Phi) is 6.93. The highest BCUT2D eigenvalue weighted by Gasteiger charge is 2.29. The van der Waals surface area contributed by atoms with Gasteiger partial charge in [0, 0.05) is 4.90 Å². The third-order valence-electron chi connectivity index (χ3n) is 2.14. The molecule has 0 N–H and O–H groups in total. The number of carbonyl (C=O) groups excluding carboxylic acids is 2. The molecule has 0 fully saturated rings. The molecule has 0 aliphatic rings. The van der Waals surface area contributed by atoms with E-state index in [1.54, 1.807) is 0 Å². The maximum absolute atomic E-state index is 11.2. The van der Waals surface area contributed by atoms with E-state index in [9.17, 15) is 9.59 Å². The number of hydrogen-bond acceptors (Lipinski definition) is 5. The van der Waals surface area contributed by atoms with Gasteiger partial charge >= 0.3 is 11.9 Å². The summed E-state index contributed by atoms with van der Waals surface area (Å²) in [6, 6.07) is 9.57. The molecule has 0 heterocycles. The first-order valence-corrected chi connectivity index (χ1v) is 6.62. The molecule has 0 spiro atoms. The highest BCUT2D eigenvalue weighted by Crippen LogP contribution is 2.21. The van der Waals surface area contributed by atoms with Gasteiger partial charge in [0.15, 0.2) is 5.92 Å². The summed E-state index contributed by atoms with van der Waals surface area (Å²) in [6.45, 7) is 0. The van der Waals surface area contributed by atoms with Gasteiger partial charge in [0.25, 0.3) is 0 Å². The number of halogens is 2. The molecule has 0 aliphatic heterocycles. The van der Waals surface area contributed by atoms with Crippen LogP contribution in [0.1, 0.15) is 6.42 Å². The van der Waals surface area contributed by atoms with Crippen molar-refractivity contribution in [3.8, 4) is 0 Å². The molecule has 98 valence electrons. The standard InChI is InChI=1S/C11H10Cl2O4S/c12-16-10(14)9(11(15)17-13)6-7-18-8-4-2-1-3-5-8/h1-5,9H,6-7H2. The van der Waals surface area contributed by atoms with E-state index in [-0.39, 0.29) is 6.42 Å². The molecule has 0 aliphatic carbocycles. The van der Waals surface area contributed by atoms with E-state index in [0.29, 0.717) is 5.75 Å². The van der Waals surface area contributed by atoms with Crippen molar-refractivity contribution < 1.29 is 18.2 Å². The van der Waals surface area contributed by atoms with Gasteiger partial charge in [-0.1, -0.05) is 18.2 Å². The highest BCUT2D eigenvalue weighted by molar-refractivity contribution is 7.99. The Morgan fingerprint density at radius 2 is 1.67 bits per heavy atom. The second kappa shape index (κ2) is 8.24. The zero-order valence-electron chi connectivity index (χ0n) is 9.18. The lowest BCUT2D eigenvalue weighted by Gasteiger charge is -2.09. The maximum atomic E-state index is 11.2. The molecule has 0 saturated heterocycles. The molecule has 0 aromatic heterocycles. The molecule has 4 nitrogen and oxygen atoms in total. The average Bonchev–Trinajstić information content (AvgIpc) is 2.43. The minimum absolute atomic E-state index is 0.233. The van der Waals surface area contributed by atoms with Crippen LogP contribution in [-0.2, 0) is 18.2 Å². The molecular formula is C11H10Cl2O4S. The Balaban J connectivity index is 2.47. The predicted molar refractivity (Wildman–Crippen MR) is 69.2 cm³/mol. The minimum Gasteiger partial charge on any atom is -0.347 e. The molecule has 1 rings (SSSR count). The van der Waals surface area contributed by atoms with Gasteiger partial charge in [0.1, 0.15) is 23.7 Å². The van der Waals surface area contributed by atoms with Crippen LogP contribution in [0.3, 0.4) is 0 Å². The van der Waals surface area contributed by atoms with Crippen LogP contribution in [0.2, 0.25) is 0 Å². The minimum atomic E-state index is -1.10. The van der Waals surface area contributed by atoms with E-state index in [1.165, 1.54) is 11.8 Å². The van der Waals surface area contributed by atoms with E-state index in [1.807, 2.05) is 30.3 Å². The lowest BCUT2D eigenvalue weighted by atomic mass is 10.1. The third kappa shape index (κ3) is 4.76. The van der Waals surface area contributed by atoms with Crippen molar-refractivity contribution in [3.63, 3.8) is 0 Å². The van der Waals surface area contributed by atoms with Crippen molar-refractivity contribution in [2.24, 2.45) is 5.92 Å². The monoisotopic (exact) mass is 308 g/mol. The first-order chi connectivity index (χ1) is 8.69. The van der Waals surface area contributed by atoms with Gasteiger partial charge in [-0.2, -0.15) is 0 Å². The Hall–Kier alpha value is -0.910. The summed E-state index contributed by atoms with van der Waals surface area (Å²) in [6.07, 6.45) is 0.233. The van der Waals surface area contributed by atoms with E-state index in [2.05, 4.69) is 8.58 Å². The molecule has 18 heavy (non-hydrogen) atoms. The number of rotatable bonds is 6. The van der Waals surface area contributed by atoms with Crippen LogP contribution in [0.15, 0.2) is 35.2 Å². The molecule has 0 atom stereocenters. The van der Waals surface area contributed by atoms with Crippen LogP contribution >= 0.6 is 35.5 Å². The van der Waals surface area contributed by atoms with E-state index < -0.39 is 17.9 Å². The van der Waals surface area contributed by atoms with Gasteiger partial charge in [-0.3, -0.25) is 0 Å². The van der Waals surface area contributed by atoms with Gasteiger partial charge in [-0.25, -0.2) is 9.59 Å². The van der Waals surface area contributed by atoms with Crippen LogP contribution in [0, 0.1) is 5.92 Å². The number of hydrogen-bond donors (Lipinski definition) is 0. The van der Waals surface area contributed by atoms with Crippen LogP contribution in [-0.4, -0.2) is 17.7 Å². The van der Waals surface area contributed by atoms with Crippen molar-refractivity contribution >= 4 is 47.4 Å². The summed E-state index contributed by atoms with van der Waals surface area (Å²) < 4.78 is 8.01. The fourth-order valence-corrected chi connectivity index (χ4v) is 2.40. The largest absolute Gasteiger partial charge is 0.347 e. The van der Waals surface area contributed by atoms with Gasteiger partial charge in [-0.05, 0) is 24.3 Å². The average molecular weight is 309 g/mol. The molecule has 0 saturated carbocycles. The zero-order valence-corrected chi connectivity index (χ0v) is 11.5. The van der Waals surface area contributed by atoms with Crippen molar-refractivity contribution in [1.82, 2.24) is 0 Å². The predicted octanol–water partition coefficient (Wildman–Crippen LogP) is 3.18. The topological polar surface area (TPSA) is 52.6 Å². The molecule has 0 unspecified atom stereocenters. The second-order valence-electron chi connectivity index (χ2n) is 3.30. The molecule has 0 amide bonds. The van der Waals surface area contributed by atoms with Crippen LogP contribution in [0.5, 0.6) is 0 Å². The number of benzene rings is 1. The number of thioether (sulfide) groups is 1. The summed E-state index contributed by atoms with van der Waals surface area (Å²) in [7, 11) is 0. The van der Waals surface area contributed by atoms with E-state index in [0.717, 1.165) is 4.90 Å². The summed E-state index contributed by atoms with van der Waals surface area (Å²) in [5.41, 5.74) is 0. The van der Waals surface area contributed by atoms with Crippen molar-refractivity contribution in [1.29, 1.82) is 0 Å². The smallest absolute Gasteiger partial charge is 0.339 e. The Bertz CT molecular complexity index is 383. The summed E-state index contributed by atoms with van der Waals surface area (Å²) in [5.74, 6) is -2.30. The molecule has 1 aromatic rings. The van der Waals surface area contributed by atoms with Gasteiger partial charge < -0.3 is 8.58 Å². The van der Waals surface area contributed by atoms with Crippen LogP contribution in [0.4, 0.5) is 0 Å². The van der Waals surface area contributed by atoms with Crippen molar-refractivity contribution in [2.45, 2.75) is 11.3 Å². The molecule has 0 bridgehead atoms. The molecule has 7 heteroatoms. The van der Waals surface area contributed by atoms with Gasteiger partial charge in [-0.15, -0.1) is 11.8 Å². The fraction of sp³-hybridized carbons (Fsp3) is 0.273. The van der Waals surface area contributed by atoms with Crippen molar-refractivity contribution in [3.05, 3.63) is 30.3 Å². The third-order valence-corrected chi connectivity index (χ3v) is 3.49. The summed E-state index contributed by atoms with van der Waals surface area (Å²) in [5, 5.41) is 0. The lowest BCUT2D eigenvalue weighted by Crippen LogP contribution is -2.25. The molecule has 0 radical (unpaired) electrons. The SMILES string of the molecule is O=C(OCl)C(CCSc1ccccc1)C(=O)OCl. The zero-order chi connectivity index (χ0) is 13.4. The Morgan fingerprint density at radius 3 is 2.17 bits per heavy atom. The van der Waals surface area contributed by atoms with Crippen LogP contribution in [0.25, 0.3) is 0 Å². The number of carbonyl (C=O) groups is 2. The van der Waals surface area contributed by atoms with Crippen molar-refractivity contribution in [2.75, 3.05) is 5.75 Å². The van der Waals surface area contributed by atoms with E-state index >= 15 is 0 Å². The second-order valence-corrected chi connectivity index (χ2v) is 4.77. The molecule has 1 aromatic carbocycles. The molecular weight excluding hydrogens is 299 g/mol. The summed E-state index contributed by atoms with van der Waals surface area (Å²) in [4.78, 5) is 23.5. The summed E-state index contributed by atoms with van der Waals surface area (Å²) >= 11 is 11.4. The first-order valence-electron chi connectivity index (χ1n) is 5.01. The highest BCUT2D eigenvalue weighted by atomic mass is 35.5. The Morgan fingerprint density at radius 1 is 1.11 bits per heavy atom. The van der Waals surface area contributed by atoms with Crippen LogP contribution < -0.4 is 0 Å². The first kappa shape index (κ1) is 15.1. The maximum Gasteiger partial charge on any atom is 0.339 e. The fourth-order valence-electron chi connectivity index (χ4n) is 1.25. The normalized spacial score (nSPS) is 10.2. The van der Waals surface area contributed by atoms with E-state index in [4.69, 9.17) is 23.7 Å². The van der Waals surface area contributed by atoms with Gasteiger partial charge in [0.2, 0.25) is 0 Å². The lowest BCUT2D eigenvalue weighted by molar-refractivity contribution is -0.150. The Labute approximate surface area is 119 Å².